The molecule has 1 aromatic rings. The summed E-state index contributed by atoms with van der Waals surface area (Å²) in [5, 5.41) is 9.56. The second kappa shape index (κ2) is 6.13. The molecule has 1 aromatic carbocycles. The molecule has 0 radical (unpaired) electrons. The van der Waals surface area contributed by atoms with Gasteiger partial charge in [0, 0.05) is 19.6 Å². The van der Waals surface area contributed by atoms with Gasteiger partial charge in [-0.25, -0.2) is 0 Å². The molecular formula is C15H22N2O3. The van der Waals surface area contributed by atoms with E-state index in [0.29, 0.717) is 12.3 Å². The largest absolute Gasteiger partial charge is 0.504 e. The van der Waals surface area contributed by atoms with Gasteiger partial charge >= 0.3 is 0 Å². The zero-order valence-corrected chi connectivity index (χ0v) is 12.0. The highest BCUT2D eigenvalue weighted by Gasteiger charge is 2.32. The Morgan fingerprint density at radius 1 is 1.50 bits per heavy atom. The van der Waals surface area contributed by atoms with Gasteiger partial charge in [-0.15, -0.1) is 0 Å². The number of phenols is 1. The Bertz CT molecular complexity index is 490. The van der Waals surface area contributed by atoms with Crippen molar-refractivity contribution in [1.29, 1.82) is 0 Å². The Morgan fingerprint density at radius 2 is 2.25 bits per heavy atom. The molecular weight excluding hydrogens is 256 g/mol. The number of methoxy groups -OCH3 is 1. The molecule has 0 spiro atoms. The molecule has 5 nitrogen and oxygen atoms in total. The van der Waals surface area contributed by atoms with Gasteiger partial charge in [-0.05, 0) is 30.5 Å². The van der Waals surface area contributed by atoms with Crippen LogP contribution in [0.2, 0.25) is 0 Å². The molecule has 2 rings (SSSR count). The number of hydrogen-bond acceptors (Lipinski definition) is 4. The highest BCUT2D eigenvalue weighted by atomic mass is 16.5. The zero-order chi connectivity index (χ0) is 14.7. The molecule has 0 aliphatic heterocycles. The first kappa shape index (κ1) is 14.7. The van der Waals surface area contributed by atoms with Crippen LogP contribution in [0.3, 0.4) is 0 Å². The van der Waals surface area contributed by atoms with E-state index in [1.54, 1.807) is 30.1 Å². The van der Waals surface area contributed by atoms with E-state index in [-0.39, 0.29) is 23.6 Å². The van der Waals surface area contributed by atoms with Gasteiger partial charge in [0.15, 0.2) is 11.5 Å². The summed E-state index contributed by atoms with van der Waals surface area (Å²) >= 11 is 0. The first-order chi connectivity index (χ1) is 9.52. The molecule has 0 bridgehead atoms. The van der Waals surface area contributed by atoms with E-state index >= 15 is 0 Å². The average Bonchev–Trinajstić information content (AvgIpc) is 2.86. The fourth-order valence-corrected chi connectivity index (χ4v) is 2.75. The fraction of sp³-hybridized carbons (Fsp3) is 0.533. The van der Waals surface area contributed by atoms with E-state index in [1.807, 2.05) is 0 Å². The molecule has 1 fully saturated rings. The van der Waals surface area contributed by atoms with Crippen LogP contribution in [0, 0.1) is 5.92 Å². The normalized spacial score (nSPS) is 21.8. The monoisotopic (exact) mass is 278 g/mol. The Kier molecular flexibility index (Phi) is 4.49. The maximum atomic E-state index is 12.3. The molecule has 2 atom stereocenters. The van der Waals surface area contributed by atoms with Gasteiger partial charge in [0.05, 0.1) is 13.0 Å². The summed E-state index contributed by atoms with van der Waals surface area (Å²) < 4.78 is 5.07. The van der Waals surface area contributed by atoms with Crippen molar-refractivity contribution >= 4 is 5.91 Å². The van der Waals surface area contributed by atoms with Crippen LogP contribution in [0.5, 0.6) is 11.5 Å². The van der Waals surface area contributed by atoms with E-state index in [4.69, 9.17) is 10.5 Å². The van der Waals surface area contributed by atoms with Gasteiger partial charge in [0.2, 0.25) is 5.91 Å². The van der Waals surface area contributed by atoms with Gasteiger partial charge in [-0.3, -0.25) is 4.79 Å². The van der Waals surface area contributed by atoms with Crippen LogP contribution in [-0.2, 0) is 11.3 Å². The van der Waals surface area contributed by atoms with Gasteiger partial charge in [-0.2, -0.15) is 0 Å². The topological polar surface area (TPSA) is 75.8 Å². The van der Waals surface area contributed by atoms with Crippen molar-refractivity contribution < 1.29 is 14.6 Å². The number of benzene rings is 1. The number of carbonyl (C=O) groups excluding carboxylic acids is 1. The van der Waals surface area contributed by atoms with Gasteiger partial charge in [-0.1, -0.05) is 12.5 Å². The summed E-state index contributed by atoms with van der Waals surface area (Å²) in [5.41, 5.74) is 6.89. The SMILES string of the molecule is COc1cc(CN(C)C(=O)C2CCCC2N)ccc1O. The van der Waals surface area contributed by atoms with Crippen molar-refractivity contribution in [3.63, 3.8) is 0 Å². The minimum Gasteiger partial charge on any atom is -0.504 e. The van der Waals surface area contributed by atoms with Crippen LogP contribution in [0.1, 0.15) is 24.8 Å². The van der Waals surface area contributed by atoms with E-state index in [1.165, 1.54) is 7.11 Å². The molecule has 0 saturated heterocycles. The van der Waals surface area contributed by atoms with Crippen molar-refractivity contribution in [2.75, 3.05) is 14.2 Å². The van der Waals surface area contributed by atoms with Gasteiger partial charge in [0.25, 0.3) is 0 Å². The number of nitrogens with two attached hydrogens (primary N) is 1. The molecule has 1 amide bonds. The minimum atomic E-state index is -0.0565. The van der Waals surface area contributed by atoms with Crippen LogP contribution in [0.15, 0.2) is 18.2 Å². The summed E-state index contributed by atoms with van der Waals surface area (Å²) in [7, 11) is 3.29. The summed E-state index contributed by atoms with van der Waals surface area (Å²) in [4.78, 5) is 14.0. The number of aromatic hydroxyl groups is 1. The van der Waals surface area contributed by atoms with Crippen molar-refractivity contribution in [1.82, 2.24) is 4.90 Å². The maximum absolute atomic E-state index is 12.3. The number of carbonyl (C=O) groups is 1. The summed E-state index contributed by atoms with van der Waals surface area (Å²) in [6.45, 7) is 0.485. The zero-order valence-electron chi connectivity index (χ0n) is 12.0. The van der Waals surface area contributed by atoms with E-state index < -0.39 is 0 Å². The molecule has 1 aliphatic carbocycles. The molecule has 0 aromatic heterocycles. The first-order valence-electron chi connectivity index (χ1n) is 6.89. The Morgan fingerprint density at radius 3 is 2.85 bits per heavy atom. The molecule has 0 heterocycles. The van der Waals surface area contributed by atoms with Crippen molar-refractivity contribution in [2.45, 2.75) is 31.8 Å². The number of amides is 1. The number of nitrogens with zero attached hydrogens (tertiary/aromatic N) is 1. The average molecular weight is 278 g/mol. The molecule has 20 heavy (non-hydrogen) atoms. The van der Waals surface area contributed by atoms with Crippen molar-refractivity contribution in [3.8, 4) is 11.5 Å². The summed E-state index contributed by atoms with van der Waals surface area (Å²) in [5.74, 6) is 0.560. The van der Waals surface area contributed by atoms with Crippen molar-refractivity contribution in [3.05, 3.63) is 23.8 Å². The van der Waals surface area contributed by atoms with Gasteiger partial charge in [0.1, 0.15) is 0 Å². The number of hydrogen-bond donors (Lipinski definition) is 2. The molecule has 1 saturated carbocycles. The lowest BCUT2D eigenvalue weighted by Gasteiger charge is -2.23. The first-order valence-corrected chi connectivity index (χ1v) is 6.89. The summed E-state index contributed by atoms with van der Waals surface area (Å²) in [6.07, 6.45) is 2.83. The molecule has 110 valence electrons. The minimum absolute atomic E-state index is 0.0145. The Hall–Kier alpha value is -1.75. The maximum Gasteiger partial charge on any atom is 0.227 e. The lowest BCUT2D eigenvalue weighted by atomic mass is 10.0. The molecule has 5 heteroatoms. The quantitative estimate of drug-likeness (QED) is 0.875. The van der Waals surface area contributed by atoms with Crippen LogP contribution in [0.25, 0.3) is 0 Å². The highest BCUT2D eigenvalue weighted by molar-refractivity contribution is 5.79. The molecule has 3 N–H and O–H groups in total. The predicted molar refractivity (Wildman–Crippen MR) is 76.4 cm³/mol. The molecule has 1 aliphatic rings. The second-order valence-electron chi connectivity index (χ2n) is 5.40. The van der Waals surface area contributed by atoms with Crippen LogP contribution in [-0.4, -0.2) is 36.1 Å². The van der Waals surface area contributed by atoms with E-state index in [2.05, 4.69) is 0 Å². The van der Waals surface area contributed by atoms with Crippen LogP contribution in [0.4, 0.5) is 0 Å². The second-order valence-corrected chi connectivity index (χ2v) is 5.40. The van der Waals surface area contributed by atoms with Crippen LogP contribution < -0.4 is 10.5 Å². The predicted octanol–water partition coefficient (Wildman–Crippen LogP) is 1.49. The third kappa shape index (κ3) is 3.04. The van der Waals surface area contributed by atoms with Gasteiger partial charge < -0.3 is 20.5 Å². The lowest BCUT2D eigenvalue weighted by molar-refractivity contribution is -0.134. The van der Waals surface area contributed by atoms with E-state index in [0.717, 1.165) is 24.8 Å². The molecule has 2 unspecified atom stereocenters. The standard InChI is InChI=1S/C15H22N2O3/c1-17(15(19)11-4-3-5-12(11)16)9-10-6-7-13(18)14(8-10)20-2/h6-8,11-12,18H,3-5,9,16H2,1-2H3. The smallest absolute Gasteiger partial charge is 0.227 e. The third-order valence-electron chi connectivity index (χ3n) is 3.93. The third-order valence-corrected chi connectivity index (χ3v) is 3.93. The lowest BCUT2D eigenvalue weighted by Crippen LogP contribution is -2.39. The fourth-order valence-electron chi connectivity index (χ4n) is 2.75. The van der Waals surface area contributed by atoms with Crippen LogP contribution >= 0.6 is 0 Å². The number of rotatable bonds is 4. The Labute approximate surface area is 119 Å². The Balaban J connectivity index is 2.03. The highest BCUT2D eigenvalue weighted by Crippen LogP contribution is 2.28. The number of ether oxygens (including phenoxy) is 1. The van der Waals surface area contributed by atoms with E-state index in [9.17, 15) is 9.90 Å². The number of phenolic OH excluding ortho intramolecular Hbond substituents is 1. The summed E-state index contributed by atoms with van der Waals surface area (Å²) in [6, 6.07) is 5.09. The van der Waals surface area contributed by atoms with Crippen molar-refractivity contribution in [2.24, 2.45) is 11.7 Å².